The molecule has 1 aliphatic rings. The molecular weight excluding hydrogens is 211 g/mol. The fraction of sp³-hybridized carbons (Fsp3) is 0.143. The molecule has 7 heteroatoms. The Morgan fingerprint density at radius 2 is 2.36 bits per heavy atom. The van der Waals surface area contributed by atoms with Gasteiger partial charge in [-0.1, -0.05) is 0 Å². The SMILES string of the molecule is C1=NC=NC1.O=C(O)c1ncc[nH]1.[KH]. The summed E-state index contributed by atoms with van der Waals surface area (Å²) >= 11 is 0. The van der Waals surface area contributed by atoms with Crippen molar-refractivity contribution in [2.75, 3.05) is 6.54 Å². The molecule has 1 aromatic heterocycles. The van der Waals surface area contributed by atoms with Crippen LogP contribution >= 0.6 is 0 Å². The molecule has 0 saturated heterocycles. The van der Waals surface area contributed by atoms with Crippen LogP contribution in [0.4, 0.5) is 0 Å². The molecule has 0 unspecified atom stereocenters. The molecule has 6 nitrogen and oxygen atoms in total. The van der Waals surface area contributed by atoms with Crippen molar-refractivity contribution in [1.82, 2.24) is 9.97 Å². The van der Waals surface area contributed by atoms with Gasteiger partial charge < -0.3 is 10.1 Å². The van der Waals surface area contributed by atoms with E-state index in [4.69, 9.17) is 5.11 Å². The molecule has 2 heterocycles. The van der Waals surface area contributed by atoms with Crippen molar-refractivity contribution in [1.29, 1.82) is 0 Å². The Hall–Kier alpha value is -0.344. The predicted octanol–water partition coefficient (Wildman–Crippen LogP) is -0.442. The summed E-state index contributed by atoms with van der Waals surface area (Å²) in [6, 6.07) is 0. The summed E-state index contributed by atoms with van der Waals surface area (Å²) < 4.78 is 0. The van der Waals surface area contributed by atoms with E-state index in [1.165, 1.54) is 12.4 Å². The molecule has 0 radical (unpaired) electrons. The topological polar surface area (TPSA) is 90.7 Å². The van der Waals surface area contributed by atoms with E-state index in [9.17, 15) is 4.79 Å². The number of nitrogens with zero attached hydrogens (tertiary/aromatic N) is 3. The molecule has 0 aromatic carbocycles. The number of hydrogen-bond acceptors (Lipinski definition) is 4. The normalized spacial score (nSPS) is 11.4. The van der Waals surface area contributed by atoms with E-state index >= 15 is 0 Å². The van der Waals surface area contributed by atoms with Crippen LogP contribution in [0, 0.1) is 0 Å². The van der Waals surface area contributed by atoms with Crippen molar-refractivity contribution < 1.29 is 9.90 Å². The Morgan fingerprint density at radius 1 is 1.57 bits per heavy atom. The van der Waals surface area contributed by atoms with Crippen molar-refractivity contribution in [2.24, 2.45) is 9.98 Å². The third-order valence-corrected chi connectivity index (χ3v) is 1.14. The van der Waals surface area contributed by atoms with Gasteiger partial charge in [0.15, 0.2) is 0 Å². The van der Waals surface area contributed by atoms with Crippen molar-refractivity contribution >= 4 is 69.9 Å². The van der Waals surface area contributed by atoms with E-state index in [-0.39, 0.29) is 57.2 Å². The molecule has 0 spiro atoms. The minimum atomic E-state index is -1.03. The molecule has 2 rings (SSSR count). The van der Waals surface area contributed by atoms with E-state index < -0.39 is 5.97 Å². The average molecular weight is 220 g/mol. The van der Waals surface area contributed by atoms with E-state index in [0.717, 1.165) is 6.54 Å². The van der Waals surface area contributed by atoms with Gasteiger partial charge in [-0.3, -0.25) is 4.99 Å². The van der Waals surface area contributed by atoms with Gasteiger partial charge in [-0.25, -0.2) is 14.8 Å². The van der Waals surface area contributed by atoms with E-state index in [1.807, 2.05) is 0 Å². The number of carboxylic acids is 1. The number of aromatic amines is 1. The van der Waals surface area contributed by atoms with Gasteiger partial charge in [-0.05, 0) is 0 Å². The average Bonchev–Trinajstić information content (AvgIpc) is 2.82. The Labute approximate surface area is 123 Å². The van der Waals surface area contributed by atoms with Crippen molar-refractivity contribution in [2.45, 2.75) is 0 Å². The number of carbonyl (C=O) groups is 1. The van der Waals surface area contributed by atoms with Gasteiger partial charge in [-0.2, -0.15) is 0 Å². The molecule has 1 aliphatic heterocycles. The maximum absolute atomic E-state index is 9.97. The van der Waals surface area contributed by atoms with Crippen LogP contribution in [0.25, 0.3) is 0 Å². The van der Waals surface area contributed by atoms with Gasteiger partial charge in [0.05, 0.1) is 6.54 Å². The molecule has 70 valence electrons. The van der Waals surface area contributed by atoms with Gasteiger partial charge in [0.1, 0.15) is 6.34 Å². The van der Waals surface area contributed by atoms with E-state index in [2.05, 4.69) is 20.0 Å². The summed E-state index contributed by atoms with van der Waals surface area (Å²) in [7, 11) is 0. The zero-order chi connectivity index (χ0) is 9.52. The summed E-state index contributed by atoms with van der Waals surface area (Å²) in [6.07, 6.45) is 6.17. The fourth-order valence-electron chi connectivity index (χ4n) is 0.618. The molecule has 1 aromatic rings. The molecule has 0 fully saturated rings. The van der Waals surface area contributed by atoms with Crippen LogP contribution in [0.15, 0.2) is 22.4 Å². The maximum atomic E-state index is 9.97. The molecule has 0 atom stereocenters. The first kappa shape index (κ1) is 13.7. The van der Waals surface area contributed by atoms with Crippen LogP contribution in [-0.2, 0) is 0 Å². The van der Waals surface area contributed by atoms with Gasteiger partial charge in [-0.15, -0.1) is 0 Å². The van der Waals surface area contributed by atoms with Gasteiger partial charge >= 0.3 is 57.4 Å². The standard InChI is InChI=1S/C4H4N2O2.C3H4N2.K.H/c7-4(8)3-5-1-2-6-3;1-2-5-3-4-1;;/h1-2H,(H,5,6)(H,7,8);1,3H,2H2;;. The zero-order valence-corrected chi connectivity index (χ0v) is 6.71. The van der Waals surface area contributed by atoms with Gasteiger partial charge in [0.2, 0.25) is 5.82 Å². The summed E-state index contributed by atoms with van der Waals surface area (Å²) in [5.74, 6) is -1.06. The molecule has 0 saturated carbocycles. The number of H-pyrrole nitrogens is 1. The molecule has 0 amide bonds. The summed E-state index contributed by atoms with van der Waals surface area (Å²) in [5, 5.41) is 8.18. The molecule has 0 aliphatic carbocycles. The van der Waals surface area contributed by atoms with Crippen molar-refractivity contribution in [3.63, 3.8) is 0 Å². The molecule has 0 bridgehead atoms. The third-order valence-electron chi connectivity index (χ3n) is 1.14. The van der Waals surface area contributed by atoms with Crippen molar-refractivity contribution in [3.05, 3.63) is 18.2 Å². The third kappa shape index (κ3) is 5.40. The minimum absolute atomic E-state index is 0. The van der Waals surface area contributed by atoms with Crippen molar-refractivity contribution in [3.8, 4) is 0 Å². The molecule has 2 N–H and O–H groups in total. The summed E-state index contributed by atoms with van der Waals surface area (Å²) in [5.41, 5.74) is 0. The second-order valence-electron chi connectivity index (χ2n) is 2.06. The van der Waals surface area contributed by atoms with Gasteiger partial charge in [0, 0.05) is 18.6 Å². The monoisotopic (exact) mass is 220 g/mol. The first-order valence-corrected chi connectivity index (χ1v) is 3.53. The Bertz CT molecular complexity index is 310. The Balaban J connectivity index is 0.000000246. The number of carboxylic acid groups (broad SMARTS) is 1. The van der Waals surface area contributed by atoms with Crippen LogP contribution in [0.2, 0.25) is 0 Å². The molecule has 14 heavy (non-hydrogen) atoms. The van der Waals surface area contributed by atoms with Crippen LogP contribution < -0.4 is 0 Å². The zero-order valence-electron chi connectivity index (χ0n) is 6.71. The molecular formula is C7H9KN4O2. The number of aromatic carboxylic acids is 1. The van der Waals surface area contributed by atoms with Crippen LogP contribution in [0.1, 0.15) is 10.6 Å². The van der Waals surface area contributed by atoms with Gasteiger partial charge in [0.25, 0.3) is 0 Å². The second-order valence-corrected chi connectivity index (χ2v) is 2.06. The Kier molecular flexibility index (Phi) is 7.81. The fourth-order valence-corrected chi connectivity index (χ4v) is 0.618. The second kappa shape index (κ2) is 8.01. The van der Waals surface area contributed by atoms with E-state index in [0.29, 0.717) is 0 Å². The Morgan fingerprint density at radius 3 is 2.57 bits per heavy atom. The number of aromatic nitrogens is 2. The van der Waals surface area contributed by atoms with Crippen LogP contribution in [0.5, 0.6) is 0 Å². The quantitative estimate of drug-likeness (QED) is 0.628. The van der Waals surface area contributed by atoms with E-state index in [1.54, 1.807) is 12.6 Å². The van der Waals surface area contributed by atoms with Crippen LogP contribution in [-0.4, -0.2) is 91.5 Å². The first-order chi connectivity index (χ1) is 6.30. The summed E-state index contributed by atoms with van der Waals surface area (Å²) in [6.45, 7) is 0.778. The number of aliphatic imine (C=N–C) groups is 2. The first-order valence-electron chi connectivity index (χ1n) is 3.53. The number of rotatable bonds is 1. The number of hydrogen-bond donors (Lipinski definition) is 2. The predicted molar refractivity (Wildman–Crippen MR) is 54.5 cm³/mol. The number of nitrogens with one attached hydrogen (secondary N) is 1. The summed E-state index contributed by atoms with van der Waals surface area (Å²) in [4.78, 5) is 23.3. The number of imidazole rings is 1. The van der Waals surface area contributed by atoms with Crippen LogP contribution in [0.3, 0.4) is 0 Å².